The quantitative estimate of drug-likeness (QED) is 0.734. The maximum Gasteiger partial charge on any atom is 0.0388 e. The van der Waals surface area contributed by atoms with Gasteiger partial charge in [0, 0.05) is 18.6 Å². The first-order chi connectivity index (χ1) is 8.32. The van der Waals surface area contributed by atoms with Crippen LogP contribution in [0.5, 0.6) is 0 Å². The first-order valence-corrected chi connectivity index (χ1v) is 7.16. The molecule has 1 aliphatic heterocycles. The lowest BCUT2D eigenvalue weighted by Gasteiger charge is -2.39. The van der Waals surface area contributed by atoms with E-state index in [0.29, 0.717) is 23.4 Å². The minimum absolute atomic E-state index is 0.343. The van der Waals surface area contributed by atoms with E-state index in [1.807, 2.05) is 0 Å². The van der Waals surface area contributed by atoms with Gasteiger partial charge in [0.1, 0.15) is 0 Å². The lowest BCUT2D eigenvalue weighted by atomic mass is 9.75. The highest BCUT2D eigenvalue weighted by Gasteiger charge is 2.39. The molecule has 2 atom stereocenters. The van der Waals surface area contributed by atoms with Crippen LogP contribution >= 0.6 is 0 Å². The number of fused-ring (bicyclic) bond motifs is 1. The number of rotatable bonds is 2. The predicted molar refractivity (Wildman–Crippen MR) is 78.5 cm³/mol. The Morgan fingerprint density at radius 1 is 1.11 bits per heavy atom. The largest absolute Gasteiger partial charge is 0.289 e. The van der Waals surface area contributed by atoms with Crippen LogP contribution in [0.2, 0.25) is 0 Å². The molecule has 1 heterocycles. The number of benzene rings is 1. The SMILES string of the molecule is CC(C)N1Cc2ccccc2C1[C@H](C)C(C)(C)C. The van der Waals surface area contributed by atoms with Crippen LogP contribution < -0.4 is 0 Å². The first kappa shape index (κ1) is 13.6. The van der Waals surface area contributed by atoms with Crippen LogP contribution in [0.3, 0.4) is 0 Å². The maximum atomic E-state index is 2.65. The minimum Gasteiger partial charge on any atom is -0.289 e. The van der Waals surface area contributed by atoms with E-state index in [9.17, 15) is 0 Å². The van der Waals surface area contributed by atoms with Gasteiger partial charge in [-0.05, 0) is 36.3 Å². The van der Waals surface area contributed by atoms with E-state index in [1.165, 1.54) is 5.56 Å². The molecular formula is C17H27N. The Bertz CT molecular complexity index is 412. The fourth-order valence-electron chi connectivity index (χ4n) is 2.97. The molecule has 1 aromatic rings. The lowest BCUT2D eigenvalue weighted by molar-refractivity contribution is 0.0722. The molecule has 1 aliphatic rings. The predicted octanol–water partition coefficient (Wildman–Crippen LogP) is 4.63. The Morgan fingerprint density at radius 2 is 1.72 bits per heavy atom. The van der Waals surface area contributed by atoms with E-state index < -0.39 is 0 Å². The molecule has 0 radical (unpaired) electrons. The van der Waals surface area contributed by atoms with Gasteiger partial charge in [-0.15, -0.1) is 0 Å². The molecule has 100 valence electrons. The van der Waals surface area contributed by atoms with E-state index in [-0.39, 0.29) is 0 Å². The van der Waals surface area contributed by atoms with Gasteiger partial charge in [0.2, 0.25) is 0 Å². The normalized spacial score (nSPS) is 22.3. The molecule has 1 heteroatoms. The van der Waals surface area contributed by atoms with Gasteiger partial charge in [0.25, 0.3) is 0 Å². The van der Waals surface area contributed by atoms with Gasteiger partial charge in [-0.3, -0.25) is 4.90 Å². The van der Waals surface area contributed by atoms with Crippen molar-refractivity contribution in [3.05, 3.63) is 35.4 Å². The molecular weight excluding hydrogens is 218 g/mol. The zero-order valence-corrected chi connectivity index (χ0v) is 12.7. The minimum atomic E-state index is 0.343. The summed E-state index contributed by atoms with van der Waals surface area (Å²) in [5, 5.41) is 0. The molecule has 2 rings (SSSR count). The van der Waals surface area contributed by atoms with E-state index in [0.717, 1.165) is 6.54 Å². The van der Waals surface area contributed by atoms with Crippen molar-refractivity contribution in [2.24, 2.45) is 11.3 Å². The highest BCUT2D eigenvalue weighted by molar-refractivity contribution is 5.35. The Hall–Kier alpha value is -0.820. The summed E-state index contributed by atoms with van der Waals surface area (Å²) in [5.74, 6) is 0.656. The second-order valence-electron chi connectivity index (χ2n) is 7.06. The van der Waals surface area contributed by atoms with Crippen molar-refractivity contribution < 1.29 is 0 Å². The Labute approximate surface area is 112 Å². The average molecular weight is 245 g/mol. The standard InChI is InChI=1S/C17H27N/c1-12(2)18-11-14-9-7-8-10-15(14)16(18)13(3)17(4,5)6/h7-10,12-13,16H,11H2,1-6H3/t13-,16?/m0/s1. The third-order valence-corrected chi connectivity index (χ3v) is 4.59. The number of hydrogen-bond donors (Lipinski definition) is 0. The van der Waals surface area contributed by atoms with Gasteiger partial charge >= 0.3 is 0 Å². The summed E-state index contributed by atoms with van der Waals surface area (Å²) >= 11 is 0. The summed E-state index contributed by atoms with van der Waals surface area (Å²) in [7, 11) is 0. The third kappa shape index (κ3) is 2.33. The van der Waals surface area contributed by atoms with Gasteiger partial charge in [-0.25, -0.2) is 0 Å². The van der Waals surface area contributed by atoms with Crippen LogP contribution in [-0.2, 0) is 6.54 Å². The zero-order chi connectivity index (χ0) is 13.5. The maximum absolute atomic E-state index is 2.65. The van der Waals surface area contributed by atoms with Crippen LogP contribution in [-0.4, -0.2) is 10.9 Å². The highest BCUT2D eigenvalue weighted by atomic mass is 15.2. The third-order valence-electron chi connectivity index (χ3n) is 4.59. The fraction of sp³-hybridized carbons (Fsp3) is 0.647. The molecule has 0 amide bonds. The van der Waals surface area contributed by atoms with Crippen molar-refractivity contribution >= 4 is 0 Å². The fourth-order valence-corrected chi connectivity index (χ4v) is 2.97. The molecule has 1 aromatic carbocycles. The summed E-state index contributed by atoms with van der Waals surface area (Å²) in [6.07, 6.45) is 0. The highest BCUT2D eigenvalue weighted by Crippen LogP contribution is 2.45. The lowest BCUT2D eigenvalue weighted by Crippen LogP contribution is -2.37. The van der Waals surface area contributed by atoms with Crippen molar-refractivity contribution in [2.45, 2.75) is 60.2 Å². The van der Waals surface area contributed by atoms with Crippen molar-refractivity contribution in [1.29, 1.82) is 0 Å². The first-order valence-electron chi connectivity index (χ1n) is 7.16. The molecule has 0 saturated carbocycles. The number of hydrogen-bond acceptors (Lipinski definition) is 1. The monoisotopic (exact) mass is 245 g/mol. The molecule has 1 unspecified atom stereocenters. The van der Waals surface area contributed by atoms with E-state index in [4.69, 9.17) is 0 Å². The van der Waals surface area contributed by atoms with Gasteiger partial charge in [-0.2, -0.15) is 0 Å². The van der Waals surface area contributed by atoms with Crippen LogP contribution in [0.25, 0.3) is 0 Å². The Balaban J connectivity index is 2.40. The number of nitrogens with zero attached hydrogens (tertiary/aromatic N) is 1. The van der Waals surface area contributed by atoms with E-state index in [1.54, 1.807) is 5.56 Å². The molecule has 0 aliphatic carbocycles. The van der Waals surface area contributed by atoms with E-state index >= 15 is 0 Å². The summed E-state index contributed by atoms with van der Waals surface area (Å²) in [6.45, 7) is 15.2. The van der Waals surface area contributed by atoms with Crippen LogP contribution in [0.15, 0.2) is 24.3 Å². The van der Waals surface area contributed by atoms with Crippen molar-refractivity contribution in [3.8, 4) is 0 Å². The molecule has 0 spiro atoms. The van der Waals surface area contributed by atoms with Gasteiger partial charge in [0.15, 0.2) is 0 Å². The summed E-state index contributed by atoms with van der Waals surface area (Å²) in [4.78, 5) is 2.65. The molecule has 0 bridgehead atoms. The molecule has 0 saturated heterocycles. The molecule has 0 fully saturated rings. The Morgan fingerprint density at radius 3 is 2.28 bits per heavy atom. The second-order valence-corrected chi connectivity index (χ2v) is 7.06. The summed E-state index contributed by atoms with van der Waals surface area (Å²) < 4.78 is 0. The van der Waals surface area contributed by atoms with Crippen molar-refractivity contribution in [1.82, 2.24) is 4.90 Å². The Kier molecular flexibility index (Phi) is 3.55. The summed E-state index contributed by atoms with van der Waals surface area (Å²) in [6, 6.07) is 10.1. The topological polar surface area (TPSA) is 3.24 Å². The molecule has 1 nitrogen and oxygen atoms in total. The van der Waals surface area contributed by atoms with E-state index in [2.05, 4.69) is 70.7 Å². The molecule has 0 N–H and O–H groups in total. The zero-order valence-electron chi connectivity index (χ0n) is 12.7. The van der Waals surface area contributed by atoms with Crippen LogP contribution in [0, 0.1) is 11.3 Å². The smallest absolute Gasteiger partial charge is 0.0388 e. The van der Waals surface area contributed by atoms with Gasteiger partial charge < -0.3 is 0 Å². The summed E-state index contributed by atoms with van der Waals surface area (Å²) in [5.41, 5.74) is 3.41. The molecule has 18 heavy (non-hydrogen) atoms. The van der Waals surface area contributed by atoms with Gasteiger partial charge in [0.05, 0.1) is 0 Å². The van der Waals surface area contributed by atoms with Crippen LogP contribution in [0.1, 0.15) is 58.7 Å². The van der Waals surface area contributed by atoms with Crippen molar-refractivity contribution in [3.63, 3.8) is 0 Å². The van der Waals surface area contributed by atoms with Gasteiger partial charge in [-0.1, -0.05) is 52.0 Å². The average Bonchev–Trinajstić information content (AvgIpc) is 2.65. The molecule has 0 aromatic heterocycles. The second kappa shape index (κ2) is 4.70. The van der Waals surface area contributed by atoms with Crippen molar-refractivity contribution in [2.75, 3.05) is 0 Å². The van der Waals surface area contributed by atoms with Crippen LogP contribution in [0.4, 0.5) is 0 Å².